The number of unbranched alkanes of at least 4 members (excludes halogenated alkanes) is 11. The van der Waals surface area contributed by atoms with Gasteiger partial charge in [0.15, 0.2) is 0 Å². The minimum atomic E-state index is -2.86. The highest BCUT2D eigenvalue weighted by Gasteiger charge is 2.50. The van der Waals surface area contributed by atoms with Crippen molar-refractivity contribution >= 4 is 18.7 Å². The van der Waals surface area contributed by atoms with Crippen LogP contribution in [0.2, 0.25) is 5.04 Å². The molecule has 0 saturated carbocycles. The van der Waals surface area contributed by atoms with Crippen LogP contribution < -0.4 is 10.4 Å². The van der Waals surface area contributed by atoms with Crippen LogP contribution >= 0.6 is 0 Å². The molecule has 0 fully saturated rings. The van der Waals surface area contributed by atoms with Crippen molar-refractivity contribution in [2.45, 2.75) is 134 Å². The fraction of sp³-hybridized carbons (Fsp3) is 0.647. The highest BCUT2D eigenvalue weighted by molar-refractivity contribution is 6.99. The van der Waals surface area contributed by atoms with Crippen molar-refractivity contribution in [1.82, 2.24) is 0 Å². The molecule has 0 amide bonds. The van der Waals surface area contributed by atoms with E-state index < -0.39 is 26.6 Å². The zero-order valence-electron chi connectivity index (χ0n) is 26.0. The number of hydrogen-bond acceptors (Lipinski definition) is 4. The molecule has 0 unspecified atom stereocenters. The fourth-order valence-corrected chi connectivity index (χ4v) is 10.4. The molecule has 0 aliphatic heterocycles. The van der Waals surface area contributed by atoms with Gasteiger partial charge < -0.3 is 14.6 Å². The number of nitrogens with zero attached hydrogens (tertiary/aromatic N) is 3. The van der Waals surface area contributed by atoms with Crippen molar-refractivity contribution in [1.29, 1.82) is 0 Å². The van der Waals surface area contributed by atoms with E-state index in [1.54, 1.807) is 0 Å². The third-order valence-electron chi connectivity index (χ3n) is 8.23. The Balaban J connectivity index is 1.94. The average molecular weight is 582 g/mol. The highest BCUT2D eigenvalue weighted by Crippen LogP contribution is 2.37. The van der Waals surface area contributed by atoms with Crippen LogP contribution in [0.25, 0.3) is 10.4 Å². The van der Waals surface area contributed by atoms with E-state index in [0.717, 1.165) is 29.6 Å². The van der Waals surface area contributed by atoms with E-state index in [2.05, 4.69) is 62.0 Å². The first-order valence-corrected chi connectivity index (χ1v) is 17.8. The molecule has 0 saturated heterocycles. The van der Waals surface area contributed by atoms with Crippen LogP contribution in [0.4, 0.5) is 0 Å². The summed E-state index contributed by atoms with van der Waals surface area (Å²) < 4.78 is 6.87. The largest absolute Gasteiger partial charge is 0.407 e. The molecule has 41 heavy (non-hydrogen) atoms. The number of hydrogen-bond donors (Lipinski definition) is 2. The van der Waals surface area contributed by atoms with Gasteiger partial charge in [-0.25, -0.2) is 0 Å². The molecule has 2 N–H and O–H groups in total. The molecule has 0 aliphatic rings. The van der Waals surface area contributed by atoms with Crippen LogP contribution in [0.5, 0.6) is 0 Å². The van der Waals surface area contributed by atoms with E-state index in [4.69, 9.17) is 4.43 Å². The second-order valence-electron chi connectivity index (χ2n) is 12.5. The van der Waals surface area contributed by atoms with Crippen LogP contribution in [0.1, 0.15) is 111 Å². The Kier molecular flexibility index (Phi) is 16.3. The Morgan fingerprint density at radius 1 is 0.756 bits per heavy atom. The van der Waals surface area contributed by atoms with Gasteiger partial charge >= 0.3 is 0 Å². The Labute approximate surface area is 250 Å². The molecule has 0 radical (unpaired) electrons. The number of aliphatic hydroxyl groups excluding tert-OH is 2. The summed E-state index contributed by atoms with van der Waals surface area (Å²) in [5.74, 6) is 0. The molecule has 2 rings (SSSR count). The lowest BCUT2D eigenvalue weighted by Crippen LogP contribution is -2.67. The van der Waals surface area contributed by atoms with E-state index in [1.165, 1.54) is 57.8 Å². The summed E-state index contributed by atoms with van der Waals surface area (Å²) in [5, 5.41) is 27.8. The molecule has 0 aliphatic carbocycles. The minimum absolute atomic E-state index is 0.0357. The zero-order valence-corrected chi connectivity index (χ0v) is 27.0. The van der Waals surface area contributed by atoms with Crippen LogP contribution in [0.3, 0.4) is 0 Å². The maximum atomic E-state index is 11.0. The normalized spacial score (nSPS) is 14.3. The van der Waals surface area contributed by atoms with Crippen molar-refractivity contribution in [2.24, 2.45) is 5.11 Å². The van der Waals surface area contributed by atoms with E-state index in [1.807, 2.05) is 36.4 Å². The molecule has 0 aromatic heterocycles. The van der Waals surface area contributed by atoms with Gasteiger partial charge in [0.25, 0.3) is 8.32 Å². The van der Waals surface area contributed by atoms with Gasteiger partial charge in [-0.15, -0.1) is 0 Å². The summed E-state index contributed by atoms with van der Waals surface area (Å²) in [6.07, 6.45) is 13.3. The number of benzene rings is 2. The second kappa shape index (κ2) is 19.1. The number of rotatable bonds is 21. The number of aliphatic hydroxyl groups is 2. The van der Waals surface area contributed by atoms with Gasteiger partial charge in [0, 0.05) is 11.5 Å². The SMILES string of the molecule is CCCCCCCCCCCCCC[C@@H](O)[C@H](O)[C@H](CO[Si](c1ccccc1)(c1ccccc1)C(C)(C)C)N=[N+]=[N-]. The molecule has 228 valence electrons. The first-order valence-electron chi connectivity index (χ1n) is 15.9. The lowest BCUT2D eigenvalue weighted by atomic mass is 10.00. The Hall–Kier alpha value is -2.15. The van der Waals surface area contributed by atoms with Crippen LogP contribution in [0, 0.1) is 0 Å². The van der Waals surface area contributed by atoms with Gasteiger partial charge in [-0.05, 0) is 27.4 Å². The third-order valence-corrected chi connectivity index (χ3v) is 13.2. The van der Waals surface area contributed by atoms with E-state index in [-0.39, 0.29) is 11.6 Å². The molecule has 0 heterocycles. The summed E-state index contributed by atoms with van der Waals surface area (Å²) in [4.78, 5) is 3.00. The first kappa shape index (κ1) is 35.0. The Morgan fingerprint density at radius 2 is 1.20 bits per heavy atom. The first-order chi connectivity index (χ1) is 19.8. The minimum Gasteiger partial charge on any atom is -0.407 e. The van der Waals surface area contributed by atoms with Crippen molar-refractivity contribution in [3.05, 3.63) is 71.1 Å². The van der Waals surface area contributed by atoms with Crippen molar-refractivity contribution in [2.75, 3.05) is 6.61 Å². The molecule has 6 nitrogen and oxygen atoms in total. The smallest absolute Gasteiger partial charge is 0.261 e. The Morgan fingerprint density at radius 3 is 1.61 bits per heavy atom. The van der Waals surface area contributed by atoms with Gasteiger partial charge in [0.1, 0.15) is 0 Å². The third kappa shape index (κ3) is 11.2. The molecule has 0 spiro atoms. The average Bonchev–Trinajstić information content (AvgIpc) is 2.97. The second-order valence-corrected chi connectivity index (χ2v) is 16.8. The standard InChI is InChI=1S/C34H55N3O3Si/c1-5-6-7-8-9-10-11-12-13-14-15-22-27-32(38)33(39)31(36-37-35)28-40-41(34(2,3)4,29-23-18-16-19-24-29)30-25-20-17-21-26-30/h16-21,23-26,31-33,38-39H,5-15,22,27-28H2,1-4H3/t31-,32+,33+/m0/s1. The summed E-state index contributed by atoms with van der Waals surface area (Å²) in [6.45, 7) is 8.83. The lowest BCUT2D eigenvalue weighted by Gasteiger charge is -2.43. The van der Waals surface area contributed by atoms with Crippen LogP contribution in [-0.2, 0) is 4.43 Å². The lowest BCUT2D eigenvalue weighted by molar-refractivity contribution is -0.0106. The quantitative estimate of drug-likeness (QED) is 0.0513. The maximum absolute atomic E-state index is 11.0. The summed E-state index contributed by atoms with van der Waals surface area (Å²) in [5.41, 5.74) is 9.30. The molecule has 2 aromatic rings. The van der Waals surface area contributed by atoms with Crippen molar-refractivity contribution in [3.63, 3.8) is 0 Å². The molecule has 0 bridgehead atoms. The van der Waals surface area contributed by atoms with E-state index in [9.17, 15) is 15.7 Å². The predicted molar refractivity (Wildman–Crippen MR) is 174 cm³/mol. The van der Waals surface area contributed by atoms with Gasteiger partial charge in [0.05, 0.1) is 18.2 Å². The van der Waals surface area contributed by atoms with Gasteiger partial charge in [-0.2, -0.15) is 0 Å². The monoisotopic (exact) mass is 581 g/mol. The van der Waals surface area contributed by atoms with Crippen molar-refractivity contribution in [3.8, 4) is 0 Å². The van der Waals surface area contributed by atoms with Gasteiger partial charge in [-0.1, -0.05) is 171 Å². The molecular weight excluding hydrogens is 526 g/mol. The van der Waals surface area contributed by atoms with Crippen LogP contribution in [-0.4, -0.2) is 43.4 Å². The van der Waals surface area contributed by atoms with Gasteiger partial charge in [-0.3, -0.25) is 0 Å². The predicted octanol–water partition coefficient (Wildman–Crippen LogP) is 8.05. The highest BCUT2D eigenvalue weighted by atomic mass is 28.4. The Bertz CT molecular complexity index is 954. The number of azide groups is 1. The molecule has 7 heteroatoms. The topological polar surface area (TPSA) is 98.5 Å². The summed E-state index contributed by atoms with van der Waals surface area (Å²) in [6, 6.07) is 19.6. The maximum Gasteiger partial charge on any atom is 0.261 e. The summed E-state index contributed by atoms with van der Waals surface area (Å²) >= 11 is 0. The molecule has 3 atom stereocenters. The molecular formula is C34H55N3O3Si. The van der Waals surface area contributed by atoms with E-state index in [0.29, 0.717) is 6.42 Å². The molecule has 2 aromatic carbocycles. The summed E-state index contributed by atoms with van der Waals surface area (Å²) in [7, 11) is -2.86. The fourth-order valence-electron chi connectivity index (χ4n) is 5.86. The van der Waals surface area contributed by atoms with Crippen LogP contribution in [0.15, 0.2) is 65.8 Å². The van der Waals surface area contributed by atoms with Crippen molar-refractivity contribution < 1.29 is 14.6 Å². The zero-order chi connectivity index (χ0) is 30.0. The van der Waals surface area contributed by atoms with Gasteiger partial charge in [0.2, 0.25) is 0 Å². The van der Waals surface area contributed by atoms with E-state index >= 15 is 0 Å².